The zero-order valence-corrected chi connectivity index (χ0v) is 10.3. The second kappa shape index (κ2) is 5.51. The first-order valence-corrected chi connectivity index (χ1v) is 6.31. The van der Waals surface area contributed by atoms with Crippen LogP contribution in [0.5, 0.6) is 0 Å². The maximum absolute atomic E-state index is 5.52. The summed E-state index contributed by atoms with van der Waals surface area (Å²) in [6, 6.07) is 2.83. The minimum atomic E-state index is 0.724. The van der Waals surface area contributed by atoms with E-state index in [1.165, 1.54) is 24.9 Å². The van der Waals surface area contributed by atoms with Crippen molar-refractivity contribution in [1.29, 1.82) is 0 Å². The quantitative estimate of drug-likeness (QED) is 0.829. The molecule has 1 aromatic heterocycles. The van der Waals surface area contributed by atoms with E-state index in [0.717, 1.165) is 31.4 Å². The second-order valence-electron chi connectivity index (χ2n) is 4.61. The van der Waals surface area contributed by atoms with Gasteiger partial charge in [-0.15, -0.1) is 0 Å². The third kappa shape index (κ3) is 2.66. The molecule has 90 valence electrons. The Labute approximate surface area is 97.8 Å². The standard InChI is InChI=1S/C13H22N2O/c1-3-14-9-13-12(6-8-16-13)10-15-7-4-5-11(15)2/h6,8,11,14H,3-5,7,9-10H2,1-2H3. The first-order chi connectivity index (χ1) is 7.81. The van der Waals surface area contributed by atoms with Gasteiger partial charge in [-0.1, -0.05) is 6.92 Å². The van der Waals surface area contributed by atoms with E-state index in [0.29, 0.717) is 0 Å². The van der Waals surface area contributed by atoms with Crippen LogP contribution in [0.3, 0.4) is 0 Å². The molecule has 0 radical (unpaired) electrons. The van der Waals surface area contributed by atoms with Gasteiger partial charge in [0.2, 0.25) is 0 Å². The highest BCUT2D eigenvalue weighted by molar-refractivity contribution is 5.17. The highest BCUT2D eigenvalue weighted by Gasteiger charge is 2.21. The predicted octanol–water partition coefficient (Wildman–Crippen LogP) is 2.37. The van der Waals surface area contributed by atoms with Gasteiger partial charge in [0.25, 0.3) is 0 Å². The molecule has 16 heavy (non-hydrogen) atoms. The minimum absolute atomic E-state index is 0.724. The van der Waals surface area contributed by atoms with Crippen molar-refractivity contribution in [1.82, 2.24) is 10.2 Å². The van der Waals surface area contributed by atoms with Gasteiger partial charge < -0.3 is 9.73 Å². The van der Waals surface area contributed by atoms with Gasteiger partial charge >= 0.3 is 0 Å². The van der Waals surface area contributed by atoms with Crippen molar-refractivity contribution in [3.8, 4) is 0 Å². The zero-order chi connectivity index (χ0) is 11.4. The molecule has 1 aliphatic heterocycles. The molecular weight excluding hydrogens is 200 g/mol. The maximum Gasteiger partial charge on any atom is 0.122 e. The van der Waals surface area contributed by atoms with Gasteiger partial charge in [0.05, 0.1) is 12.8 Å². The van der Waals surface area contributed by atoms with Crippen molar-refractivity contribution in [2.45, 2.75) is 45.8 Å². The molecule has 3 nitrogen and oxygen atoms in total. The summed E-state index contributed by atoms with van der Waals surface area (Å²) in [6.45, 7) is 8.54. The maximum atomic E-state index is 5.52. The van der Waals surface area contributed by atoms with Gasteiger partial charge in [0.15, 0.2) is 0 Å². The van der Waals surface area contributed by atoms with Crippen molar-refractivity contribution in [2.24, 2.45) is 0 Å². The molecule has 1 aliphatic rings. The summed E-state index contributed by atoms with van der Waals surface area (Å²) < 4.78 is 5.52. The normalized spacial score (nSPS) is 21.8. The van der Waals surface area contributed by atoms with Gasteiger partial charge in [-0.2, -0.15) is 0 Å². The molecule has 1 atom stereocenters. The fraction of sp³-hybridized carbons (Fsp3) is 0.692. The van der Waals surface area contributed by atoms with E-state index >= 15 is 0 Å². The molecule has 1 fully saturated rings. The zero-order valence-electron chi connectivity index (χ0n) is 10.3. The molecule has 1 N–H and O–H groups in total. The number of nitrogens with zero attached hydrogens (tertiary/aromatic N) is 1. The van der Waals surface area contributed by atoms with Crippen LogP contribution in [0.25, 0.3) is 0 Å². The Bertz CT molecular complexity index is 321. The minimum Gasteiger partial charge on any atom is -0.468 e. The molecular formula is C13H22N2O. The lowest BCUT2D eigenvalue weighted by Gasteiger charge is -2.20. The van der Waals surface area contributed by atoms with Gasteiger partial charge in [-0.25, -0.2) is 0 Å². The Hall–Kier alpha value is -0.800. The Kier molecular flexibility index (Phi) is 4.02. The number of likely N-dealkylation sites (tertiary alicyclic amines) is 1. The monoisotopic (exact) mass is 222 g/mol. The number of hydrogen-bond donors (Lipinski definition) is 1. The topological polar surface area (TPSA) is 28.4 Å². The molecule has 0 bridgehead atoms. The van der Waals surface area contributed by atoms with E-state index in [1.54, 1.807) is 0 Å². The highest BCUT2D eigenvalue weighted by Crippen LogP contribution is 2.21. The Morgan fingerprint density at radius 3 is 3.12 bits per heavy atom. The SMILES string of the molecule is CCNCc1occc1CN1CCCC1C. The fourth-order valence-electron chi connectivity index (χ4n) is 2.35. The van der Waals surface area contributed by atoms with Crippen LogP contribution in [0.15, 0.2) is 16.7 Å². The van der Waals surface area contributed by atoms with E-state index in [4.69, 9.17) is 4.42 Å². The molecule has 1 saturated heterocycles. The summed E-state index contributed by atoms with van der Waals surface area (Å²) in [5.41, 5.74) is 1.34. The molecule has 2 heterocycles. The molecule has 0 aliphatic carbocycles. The first kappa shape index (κ1) is 11.7. The second-order valence-corrected chi connectivity index (χ2v) is 4.61. The van der Waals surface area contributed by atoms with E-state index in [2.05, 4.69) is 30.1 Å². The summed E-state index contributed by atoms with van der Waals surface area (Å²) in [6.07, 6.45) is 4.48. The lowest BCUT2D eigenvalue weighted by molar-refractivity contribution is 0.258. The van der Waals surface area contributed by atoms with Crippen molar-refractivity contribution < 1.29 is 4.42 Å². The molecule has 0 spiro atoms. The lowest BCUT2D eigenvalue weighted by atomic mass is 10.2. The van der Waals surface area contributed by atoms with Crippen molar-refractivity contribution in [3.05, 3.63) is 23.7 Å². The highest BCUT2D eigenvalue weighted by atomic mass is 16.3. The van der Waals surface area contributed by atoms with E-state index < -0.39 is 0 Å². The Balaban J connectivity index is 1.95. The fourth-order valence-corrected chi connectivity index (χ4v) is 2.35. The average molecular weight is 222 g/mol. The Morgan fingerprint density at radius 1 is 1.56 bits per heavy atom. The van der Waals surface area contributed by atoms with E-state index in [9.17, 15) is 0 Å². The Morgan fingerprint density at radius 2 is 2.44 bits per heavy atom. The summed E-state index contributed by atoms with van der Waals surface area (Å²) in [7, 11) is 0. The molecule has 1 aromatic rings. The van der Waals surface area contributed by atoms with Crippen molar-refractivity contribution in [2.75, 3.05) is 13.1 Å². The molecule has 2 rings (SSSR count). The summed E-state index contributed by atoms with van der Waals surface area (Å²) in [5, 5.41) is 3.31. The summed E-state index contributed by atoms with van der Waals surface area (Å²) in [4.78, 5) is 2.54. The summed E-state index contributed by atoms with van der Waals surface area (Å²) in [5.74, 6) is 1.10. The third-order valence-electron chi connectivity index (χ3n) is 3.44. The van der Waals surface area contributed by atoms with Crippen molar-refractivity contribution >= 4 is 0 Å². The van der Waals surface area contributed by atoms with E-state index in [1.807, 2.05) is 6.26 Å². The van der Waals surface area contributed by atoms with Crippen LogP contribution in [0.4, 0.5) is 0 Å². The number of hydrogen-bond acceptors (Lipinski definition) is 3. The van der Waals surface area contributed by atoms with Crippen LogP contribution in [0.1, 0.15) is 38.0 Å². The molecule has 0 aromatic carbocycles. The smallest absolute Gasteiger partial charge is 0.122 e. The van der Waals surface area contributed by atoms with Gasteiger partial charge in [0.1, 0.15) is 5.76 Å². The van der Waals surface area contributed by atoms with Crippen LogP contribution in [-0.4, -0.2) is 24.0 Å². The lowest BCUT2D eigenvalue weighted by Crippen LogP contribution is -2.26. The molecule has 0 amide bonds. The predicted molar refractivity (Wildman–Crippen MR) is 65.2 cm³/mol. The molecule has 1 unspecified atom stereocenters. The van der Waals surface area contributed by atoms with Crippen molar-refractivity contribution in [3.63, 3.8) is 0 Å². The average Bonchev–Trinajstić information content (AvgIpc) is 2.87. The number of furan rings is 1. The van der Waals surface area contributed by atoms with Gasteiger partial charge in [-0.05, 0) is 38.9 Å². The number of rotatable bonds is 5. The third-order valence-corrected chi connectivity index (χ3v) is 3.44. The molecule has 0 saturated carbocycles. The van der Waals surface area contributed by atoms with E-state index in [-0.39, 0.29) is 0 Å². The van der Waals surface area contributed by atoms with Crippen LogP contribution in [0.2, 0.25) is 0 Å². The molecule has 3 heteroatoms. The van der Waals surface area contributed by atoms with Crippen LogP contribution in [0, 0.1) is 0 Å². The largest absolute Gasteiger partial charge is 0.468 e. The first-order valence-electron chi connectivity index (χ1n) is 6.31. The van der Waals surface area contributed by atoms with Crippen LogP contribution < -0.4 is 5.32 Å². The van der Waals surface area contributed by atoms with Crippen LogP contribution >= 0.6 is 0 Å². The number of nitrogens with one attached hydrogen (secondary N) is 1. The summed E-state index contributed by atoms with van der Waals surface area (Å²) >= 11 is 0. The van der Waals surface area contributed by atoms with Gasteiger partial charge in [0, 0.05) is 18.2 Å². The van der Waals surface area contributed by atoms with Crippen LogP contribution in [-0.2, 0) is 13.1 Å². The van der Waals surface area contributed by atoms with Gasteiger partial charge in [-0.3, -0.25) is 4.90 Å².